The molecule has 7 heteroatoms. The van der Waals surface area contributed by atoms with Crippen molar-refractivity contribution in [3.05, 3.63) is 29.8 Å². The van der Waals surface area contributed by atoms with Crippen LogP contribution in [0.4, 0.5) is 0 Å². The van der Waals surface area contributed by atoms with E-state index in [0.29, 0.717) is 6.61 Å². The molecule has 1 aliphatic heterocycles. The number of hydrogen-bond acceptors (Lipinski definition) is 4. The summed E-state index contributed by atoms with van der Waals surface area (Å²) in [4.78, 5) is 9.21. The van der Waals surface area contributed by atoms with E-state index >= 15 is 0 Å². The Labute approximate surface area is 199 Å². The molecule has 1 heterocycles. The summed E-state index contributed by atoms with van der Waals surface area (Å²) in [6.07, 6.45) is 5.57. The van der Waals surface area contributed by atoms with E-state index in [0.717, 1.165) is 62.9 Å². The van der Waals surface area contributed by atoms with Crippen LogP contribution in [0.15, 0.2) is 29.3 Å². The second-order valence-electron chi connectivity index (χ2n) is 8.40. The highest BCUT2D eigenvalue weighted by Gasteiger charge is 2.35. The van der Waals surface area contributed by atoms with Crippen molar-refractivity contribution in [2.45, 2.75) is 32.2 Å². The molecule has 1 aromatic carbocycles. The molecule has 6 nitrogen and oxygen atoms in total. The molecule has 1 aliphatic carbocycles. The van der Waals surface area contributed by atoms with Gasteiger partial charge in [0.25, 0.3) is 0 Å². The average molecular weight is 530 g/mol. The Morgan fingerprint density at radius 1 is 1.17 bits per heavy atom. The normalized spacial score (nSPS) is 21.3. The molecule has 1 N–H and O–H groups in total. The summed E-state index contributed by atoms with van der Waals surface area (Å²) in [7, 11) is 5.71. The van der Waals surface area contributed by atoms with Gasteiger partial charge in [-0.15, -0.1) is 24.0 Å². The fourth-order valence-electron chi connectivity index (χ4n) is 4.52. The Bertz CT molecular complexity index is 644. The fourth-order valence-corrected chi connectivity index (χ4v) is 4.52. The number of fused-ring (bicyclic) bond motifs is 1. The van der Waals surface area contributed by atoms with E-state index < -0.39 is 0 Å². The summed E-state index contributed by atoms with van der Waals surface area (Å²) in [5.41, 5.74) is 1.22. The van der Waals surface area contributed by atoms with Crippen LogP contribution in [-0.2, 0) is 11.3 Å². The number of nitrogens with zero attached hydrogens (tertiary/aromatic N) is 3. The second-order valence-corrected chi connectivity index (χ2v) is 8.40. The molecule has 0 amide bonds. The predicted octanol–water partition coefficient (Wildman–Crippen LogP) is 3.46. The van der Waals surface area contributed by atoms with E-state index in [1.807, 2.05) is 13.1 Å². The van der Waals surface area contributed by atoms with Gasteiger partial charge >= 0.3 is 0 Å². The molecule has 2 unspecified atom stereocenters. The molecule has 30 heavy (non-hydrogen) atoms. The van der Waals surface area contributed by atoms with E-state index in [-0.39, 0.29) is 24.0 Å². The highest BCUT2D eigenvalue weighted by Crippen LogP contribution is 2.35. The molecule has 3 rings (SSSR count). The van der Waals surface area contributed by atoms with Crippen molar-refractivity contribution in [3.63, 3.8) is 0 Å². The summed E-state index contributed by atoms with van der Waals surface area (Å²) in [6, 6.07) is 8.35. The number of halogens is 1. The molecule has 1 saturated carbocycles. The first-order valence-electron chi connectivity index (χ1n) is 11.0. The Balaban J connectivity index is 0.00000320. The molecule has 0 radical (unpaired) electrons. The molecule has 2 atom stereocenters. The fraction of sp³-hybridized carbons (Fsp3) is 0.696. The van der Waals surface area contributed by atoms with Gasteiger partial charge in [-0.3, -0.25) is 4.99 Å². The first-order valence-corrected chi connectivity index (χ1v) is 11.0. The number of nitrogens with one attached hydrogen (secondary N) is 1. The second kappa shape index (κ2) is 13.4. The van der Waals surface area contributed by atoms with Gasteiger partial charge in [0.2, 0.25) is 0 Å². The van der Waals surface area contributed by atoms with E-state index in [1.165, 1.54) is 31.2 Å². The van der Waals surface area contributed by atoms with Crippen LogP contribution in [0.2, 0.25) is 0 Å². The SMILES string of the molecule is CN=C(NCc1cccc(OCCN(C)CCOC)c1)N1CC2CCCCC2C1.I. The molecule has 2 aliphatic rings. The zero-order valence-electron chi connectivity index (χ0n) is 18.8. The van der Waals surface area contributed by atoms with E-state index in [4.69, 9.17) is 9.47 Å². The molecule has 0 spiro atoms. The number of hydrogen-bond donors (Lipinski definition) is 1. The number of likely N-dealkylation sites (tertiary alicyclic amines) is 1. The van der Waals surface area contributed by atoms with Crippen LogP contribution in [0.1, 0.15) is 31.2 Å². The number of benzene rings is 1. The van der Waals surface area contributed by atoms with Crippen LogP contribution in [0.25, 0.3) is 0 Å². The minimum absolute atomic E-state index is 0. The van der Waals surface area contributed by atoms with E-state index in [1.54, 1.807) is 7.11 Å². The maximum Gasteiger partial charge on any atom is 0.193 e. The lowest BCUT2D eigenvalue weighted by Gasteiger charge is -2.22. The van der Waals surface area contributed by atoms with Gasteiger partial charge in [-0.2, -0.15) is 0 Å². The third-order valence-electron chi connectivity index (χ3n) is 6.26. The van der Waals surface area contributed by atoms with E-state index in [9.17, 15) is 0 Å². The van der Waals surface area contributed by atoms with Crippen molar-refractivity contribution in [1.29, 1.82) is 0 Å². The first kappa shape index (κ1) is 25.2. The summed E-state index contributed by atoms with van der Waals surface area (Å²) in [6.45, 7) is 6.31. The Hall–Kier alpha value is -1.06. The topological polar surface area (TPSA) is 49.3 Å². The Kier molecular flexibility index (Phi) is 11.2. The first-order chi connectivity index (χ1) is 14.2. The molecule has 1 aromatic rings. The zero-order valence-corrected chi connectivity index (χ0v) is 21.1. The molecule has 170 valence electrons. The van der Waals surface area contributed by atoms with Gasteiger partial charge in [0, 0.05) is 46.9 Å². The lowest BCUT2D eigenvalue weighted by atomic mass is 9.82. The maximum absolute atomic E-state index is 5.94. The van der Waals surface area contributed by atoms with Crippen molar-refractivity contribution >= 4 is 29.9 Å². The molecular formula is C23H39IN4O2. The summed E-state index contributed by atoms with van der Waals surface area (Å²) >= 11 is 0. The summed E-state index contributed by atoms with van der Waals surface area (Å²) < 4.78 is 11.1. The van der Waals surface area contributed by atoms with Crippen LogP contribution >= 0.6 is 24.0 Å². The summed E-state index contributed by atoms with van der Waals surface area (Å²) in [5, 5.41) is 3.56. The van der Waals surface area contributed by atoms with Crippen molar-refractivity contribution < 1.29 is 9.47 Å². The molecule has 0 bridgehead atoms. The minimum Gasteiger partial charge on any atom is -0.492 e. The zero-order chi connectivity index (χ0) is 20.5. The predicted molar refractivity (Wildman–Crippen MR) is 134 cm³/mol. The van der Waals surface area contributed by atoms with Crippen molar-refractivity contribution in [3.8, 4) is 5.75 Å². The van der Waals surface area contributed by atoms with Crippen LogP contribution in [0.3, 0.4) is 0 Å². The third kappa shape index (κ3) is 7.57. The van der Waals surface area contributed by atoms with Gasteiger partial charge in [-0.05, 0) is 49.4 Å². The van der Waals surface area contributed by atoms with E-state index in [2.05, 4.69) is 45.4 Å². The molecule has 2 fully saturated rings. The molecular weight excluding hydrogens is 491 g/mol. The highest BCUT2D eigenvalue weighted by molar-refractivity contribution is 14.0. The average Bonchev–Trinajstić information content (AvgIpc) is 3.17. The van der Waals surface area contributed by atoms with Crippen molar-refractivity contribution in [2.75, 3.05) is 60.6 Å². The van der Waals surface area contributed by atoms with Crippen LogP contribution in [0, 0.1) is 11.8 Å². The van der Waals surface area contributed by atoms with Gasteiger partial charge in [-0.25, -0.2) is 0 Å². The minimum atomic E-state index is 0. The summed E-state index contributed by atoms with van der Waals surface area (Å²) in [5.74, 6) is 3.68. The lowest BCUT2D eigenvalue weighted by Crippen LogP contribution is -2.39. The Morgan fingerprint density at radius 3 is 2.53 bits per heavy atom. The standard InChI is InChI=1S/C23H38N4O2.HI/c1-24-23(27-17-20-8-4-5-9-21(20)18-27)25-16-19-7-6-10-22(15-19)29-14-12-26(2)11-13-28-3;/h6-7,10,15,20-21H,4-5,8-9,11-14,16-18H2,1-3H3,(H,24,25);1H. The number of likely N-dealkylation sites (N-methyl/N-ethyl adjacent to an activating group) is 1. The monoisotopic (exact) mass is 530 g/mol. The smallest absolute Gasteiger partial charge is 0.193 e. The lowest BCUT2D eigenvalue weighted by molar-refractivity contribution is 0.150. The third-order valence-corrected chi connectivity index (χ3v) is 6.26. The highest BCUT2D eigenvalue weighted by atomic mass is 127. The van der Waals surface area contributed by atoms with Crippen molar-refractivity contribution in [1.82, 2.24) is 15.1 Å². The number of guanidine groups is 1. The van der Waals surface area contributed by atoms with Crippen molar-refractivity contribution in [2.24, 2.45) is 16.8 Å². The molecule has 0 aromatic heterocycles. The maximum atomic E-state index is 5.94. The number of rotatable bonds is 9. The van der Waals surface area contributed by atoms with Gasteiger partial charge in [-0.1, -0.05) is 25.0 Å². The van der Waals surface area contributed by atoms with Crippen LogP contribution < -0.4 is 10.1 Å². The number of methoxy groups -OCH3 is 1. The van der Waals surface area contributed by atoms with Crippen LogP contribution in [0.5, 0.6) is 5.75 Å². The quantitative estimate of drug-likeness (QED) is 0.301. The van der Waals surface area contributed by atoms with Crippen LogP contribution in [-0.4, -0.2) is 76.4 Å². The van der Waals surface area contributed by atoms with Gasteiger partial charge in [0.15, 0.2) is 5.96 Å². The van der Waals surface area contributed by atoms with Gasteiger partial charge in [0.1, 0.15) is 12.4 Å². The van der Waals surface area contributed by atoms with Gasteiger partial charge < -0.3 is 24.6 Å². The Morgan fingerprint density at radius 2 is 1.87 bits per heavy atom. The molecule has 1 saturated heterocycles. The number of aliphatic imine (C=N–C) groups is 1. The largest absolute Gasteiger partial charge is 0.492 e. The number of ether oxygens (including phenoxy) is 2. The van der Waals surface area contributed by atoms with Gasteiger partial charge in [0.05, 0.1) is 6.61 Å².